The van der Waals surface area contributed by atoms with Gasteiger partial charge in [0.05, 0.1) is 17.2 Å². The number of amides is 1. The van der Waals surface area contributed by atoms with Crippen LogP contribution in [0.3, 0.4) is 0 Å². The molecular weight excluding hydrogens is 263 g/mol. The predicted octanol–water partition coefficient (Wildman–Crippen LogP) is 2.36. The maximum Gasteiger partial charge on any atom is 0.268 e. The number of carbonyl (C=O) groups is 1. The molecule has 0 radical (unpaired) electrons. The van der Waals surface area contributed by atoms with Gasteiger partial charge < -0.3 is 15.4 Å². The predicted molar refractivity (Wildman–Crippen MR) is 66.6 cm³/mol. The fourth-order valence-corrected chi connectivity index (χ4v) is 2.52. The summed E-state index contributed by atoms with van der Waals surface area (Å²) in [6.45, 7) is -0.0408. The lowest BCUT2D eigenvalue weighted by molar-refractivity contribution is 0.0834. The summed E-state index contributed by atoms with van der Waals surface area (Å²) in [6.07, 6.45) is 3.65. The second-order valence-corrected chi connectivity index (χ2v) is 5.23. The summed E-state index contributed by atoms with van der Waals surface area (Å²) in [5.41, 5.74) is -0.166. The van der Waals surface area contributed by atoms with Crippen molar-refractivity contribution in [1.29, 1.82) is 0 Å². The maximum atomic E-state index is 12.0. The molecule has 1 aromatic rings. The number of nitrogens with one attached hydrogen (secondary N) is 2. The van der Waals surface area contributed by atoms with E-state index in [9.17, 15) is 9.90 Å². The third-order valence-electron chi connectivity index (χ3n) is 3.21. The van der Waals surface area contributed by atoms with E-state index in [1.165, 1.54) is 6.07 Å². The van der Waals surface area contributed by atoms with Gasteiger partial charge in [0.1, 0.15) is 10.8 Å². The van der Waals surface area contributed by atoms with Crippen molar-refractivity contribution in [3.8, 4) is 0 Å². The van der Waals surface area contributed by atoms with Crippen molar-refractivity contribution in [3.05, 3.63) is 21.9 Å². The SMILES string of the molecule is O=C(NC1(CO)CCCC1)c1cc(Cl)c(Cl)[nH]1. The number of hydrogen-bond acceptors (Lipinski definition) is 2. The highest BCUT2D eigenvalue weighted by Crippen LogP contribution is 2.30. The Morgan fingerprint density at radius 3 is 2.59 bits per heavy atom. The molecule has 0 bridgehead atoms. The van der Waals surface area contributed by atoms with Crippen LogP contribution in [0.4, 0.5) is 0 Å². The van der Waals surface area contributed by atoms with Gasteiger partial charge in [0, 0.05) is 0 Å². The second-order valence-electron chi connectivity index (χ2n) is 4.44. The summed E-state index contributed by atoms with van der Waals surface area (Å²) in [4.78, 5) is 14.7. The van der Waals surface area contributed by atoms with E-state index < -0.39 is 5.54 Å². The molecule has 0 unspecified atom stereocenters. The minimum Gasteiger partial charge on any atom is -0.394 e. The maximum absolute atomic E-state index is 12.0. The van der Waals surface area contributed by atoms with E-state index in [1.54, 1.807) is 0 Å². The molecule has 17 heavy (non-hydrogen) atoms. The van der Waals surface area contributed by atoms with Crippen LogP contribution in [-0.4, -0.2) is 28.1 Å². The number of aromatic amines is 1. The van der Waals surface area contributed by atoms with Gasteiger partial charge in [-0.15, -0.1) is 0 Å². The lowest BCUT2D eigenvalue weighted by atomic mass is 9.99. The molecule has 0 spiro atoms. The molecular formula is C11H14Cl2N2O2. The molecule has 2 rings (SSSR count). The Kier molecular flexibility index (Phi) is 3.66. The van der Waals surface area contributed by atoms with E-state index in [1.807, 2.05) is 0 Å². The highest BCUT2D eigenvalue weighted by atomic mass is 35.5. The number of H-pyrrole nitrogens is 1. The van der Waals surface area contributed by atoms with Crippen LogP contribution in [-0.2, 0) is 0 Å². The average molecular weight is 277 g/mol. The second kappa shape index (κ2) is 4.88. The Labute approximate surface area is 109 Å². The smallest absolute Gasteiger partial charge is 0.268 e. The first-order valence-electron chi connectivity index (χ1n) is 5.54. The Morgan fingerprint density at radius 1 is 1.47 bits per heavy atom. The molecule has 0 saturated heterocycles. The number of rotatable bonds is 3. The van der Waals surface area contributed by atoms with Crippen LogP contribution >= 0.6 is 23.2 Å². The third-order valence-corrected chi connectivity index (χ3v) is 3.90. The Balaban J connectivity index is 2.10. The van der Waals surface area contributed by atoms with Gasteiger partial charge in [-0.25, -0.2) is 0 Å². The Morgan fingerprint density at radius 2 is 2.12 bits per heavy atom. The zero-order valence-corrected chi connectivity index (χ0v) is 10.7. The van der Waals surface area contributed by atoms with Crippen LogP contribution in [0, 0.1) is 0 Å². The zero-order chi connectivity index (χ0) is 12.5. The minimum absolute atomic E-state index is 0.0408. The summed E-state index contributed by atoms with van der Waals surface area (Å²) in [5.74, 6) is -0.283. The normalized spacial score (nSPS) is 18.3. The van der Waals surface area contributed by atoms with Crippen molar-refractivity contribution in [3.63, 3.8) is 0 Å². The number of halogens is 2. The van der Waals surface area contributed by atoms with Crippen LogP contribution in [0.2, 0.25) is 10.2 Å². The topological polar surface area (TPSA) is 65.1 Å². The largest absolute Gasteiger partial charge is 0.394 e. The molecule has 6 heteroatoms. The molecule has 1 aromatic heterocycles. The summed E-state index contributed by atoms with van der Waals surface area (Å²) in [5, 5.41) is 12.8. The quantitative estimate of drug-likeness (QED) is 0.794. The van der Waals surface area contributed by atoms with Gasteiger partial charge in [-0.05, 0) is 18.9 Å². The van der Waals surface area contributed by atoms with Gasteiger partial charge in [-0.1, -0.05) is 36.0 Å². The first kappa shape index (κ1) is 12.7. The number of aromatic nitrogens is 1. The number of aliphatic hydroxyl groups is 1. The molecule has 1 saturated carbocycles. The summed E-state index contributed by atoms with van der Waals surface area (Å²) in [7, 11) is 0. The third kappa shape index (κ3) is 2.59. The van der Waals surface area contributed by atoms with Crippen molar-refractivity contribution in [2.75, 3.05) is 6.61 Å². The standard InChI is InChI=1S/C11H14Cl2N2O2/c12-7-5-8(14-9(7)13)10(17)15-11(6-16)3-1-2-4-11/h5,14,16H,1-4,6H2,(H,15,17). The molecule has 1 aliphatic carbocycles. The molecule has 1 aliphatic rings. The lowest BCUT2D eigenvalue weighted by Crippen LogP contribution is -2.49. The van der Waals surface area contributed by atoms with Crippen LogP contribution < -0.4 is 5.32 Å². The van der Waals surface area contributed by atoms with Crippen molar-refractivity contribution >= 4 is 29.1 Å². The van der Waals surface area contributed by atoms with Gasteiger partial charge >= 0.3 is 0 Å². The molecule has 4 nitrogen and oxygen atoms in total. The average Bonchev–Trinajstić information content (AvgIpc) is 2.88. The van der Waals surface area contributed by atoms with Crippen LogP contribution in [0.5, 0.6) is 0 Å². The first-order chi connectivity index (χ1) is 8.06. The van der Waals surface area contributed by atoms with E-state index in [0.29, 0.717) is 10.7 Å². The zero-order valence-electron chi connectivity index (χ0n) is 9.22. The highest BCUT2D eigenvalue weighted by Gasteiger charge is 2.35. The van der Waals surface area contributed by atoms with Gasteiger partial charge in [-0.2, -0.15) is 0 Å². The lowest BCUT2D eigenvalue weighted by Gasteiger charge is -2.27. The summed E-state index contributed by atoms with van der Waals surface area (Å²) in [6, 6.07) is 1.49. The monoisotopic (exact) mass is 276 g/mol. The van der Waals surface area contributed by atoms with E-state index >= 15 is 0 Å². The van der Waals surface area contributed by atoms with Gasteiger partial charge in [-0.3, -0.25) is 4.79 Å². The molecule has 94 valence electrons. The summed E-state index contributed by atoms with van der Waals surface area (Å²) < 4.78 is 0. The Bertz CT molecular complexity index is 406. The van der Waals surface area contributed by atoms with Gasteiger partial charge in [0.15, 0.2) is 0 Å². The van der Waals surface area contributed by atoms with E-state index in [4.69, 9.17) is 23.2 Å². The molecule has 0 aromatic carbocycles. The fraction of sp³-hybridized carbons (Fsp3) is 0.545. The highest BCUT2D eigenvalue weighted by molar-refractivity contribution is 6.41. The van der Waals surface area contributed by atoms with E-state index in [-0.39, 0.29) is 17.7 Å². The Hall–Kier alpha value is -0.710. The van der Waals surface area contributed by atoms with Crippen LogP contribution in [0.15, 0.2) is 6.07 Å². The van der Waals surface area contributed by atoms with Crippen molar-refractivity contribution < 1.29 is 9.90 Å². The first-order valence-corrected chi connectivity index (χ1v) is 6.29. The van der Waals surface area contributed by atoms with E-state index in [2.05, 4.69) is 10.3 Å². The molecule has 1 fully saturated rings. The van der Waals surface area contributed by atoms with E-state index in [0.717, 1.165) is 25.7 Å². The molecule has 0 aliphatic heterocycles. The number of aliphatic hydroxyl groups excluding tert-OH is 1. The van der Waals surface area contributed by atoms with Gasteiger partial charge in [0.25, 0.3) is 5.91 Å². The van der Waals surface area contributed by atoms with Crippen molar-refractivity contribution in [2.45, 2.75) is 31.2 Å². The van der Waals surface area contributed by atoms with Crippen LogP contribution in [0.1, 0.15) is 36.2 Å². The fourth-order valence-electron chi connectivity index (χ4n) is 2.21. The van der Waals surface area contributed by atoms with Gasteiger partial charge in [0.2, 0.25) is 0 Å². The van der Waals surface area contributed by atoms with Crippen molar-refractivity contribution in [2.24, 2.45) is 0 Å². The molecule has 0 atom stereocenters. The number of carbonyl (C=O) groups excluding carboxylic acids is 1. The van der Waals surface area contributed by atoms with Crippen LogP contribution in [0.25, 0.3) is 0 Å². The molecule has 3 N–H and O–H groups in total. The minimum atomic E-state index is -0.485. The number of hydrogen-bond donors (Lipinski definition) is 3. The molecule has 1 amide bonds. The van der Waals surface area contributed by atoms with Crippen molar-refractivity contribution in [1.82, 2.24) is 10.3 Å². The molecule has 1 heterocycles. The summed E-state index contributed by atoms with van der Waals surface area (Å²) >= 11 is 11.5.